The van der Waals surface area contributed by atoms with E-state index in [1.54, 1.807) is 18.3 Å². The van der Waals surface area contributed by atoms with Crippen LogP contribution in [-0.2, 0) is 5.41 Å². The highest BCUT2D eigenvalue weighted by atomic mass is 16.3. The molecular weight excluding hydrogens is 188 g/mol. The Balaban J connectivity index is 2.83. The smallest absolute Gasteiger partial charge is 0.116 e. The van der Waals surface area contributed by atoms with Crippen LogP contribution >= 0.6 is 0 Å². The summed E-state index contributed by atoms with van der Waals surface area (Å²) >= 11 is 0. The third kappa shape index (κ3) is 1.77. The first kappa shape index (κ1) is 9.90. The predicted octanol–water partition coefficient (Wildman–Crippen LogP) is 2.63. The van der Waals surface area contributed by atoms with Gasteiger partial charge in [0, 0.05) is 11.6 Å². The predicted molar refractivity (Wildman–Crippen MR) is 59.9 cm³/mol. The fraction of sp³-hybridized carbons (Fsp3) is 0.333. The van der Waals surface area contributed by atoms with Gasteiger partial charge in [-0.2, -0.15) is 0 Å². The van der Waals surface area contributed by atoms with Crippen LogP contribution in [0.15, 0.2) is 24.7 Å². The minimum Gasteiger partial charge on any atom is -0.508 e. The Morgan fingerprint density at radius 3 is 2.60 bits per heavy atom. The summed E-state index contributed by atoms with van der Waals surface area (Å²) < 4.78 is 0. The van der Waals surface area contributed by atoms with Crippen molar-refractivity contribution in [3.8, 4) is 5.75 Å². The third-order valence-corrected chi connectivity index (χ3v) is 2.40. The van der Waals surface area contributed by atoms with Gasteiger partial charge in [-0.15, -0.1) is 0 Å². The molecule has 0 amide bonds. The molecule has 0 bridgehead atoms. The second-order valence-corrected chi connectivity index (χ2v) is 4.70. The number of benzene rings is 1. The van der Waals surface area contributed by atoms with Crippen molar-refractivity contribution in [2.75, 3.05) is 0 Å². The number of hydrogen-bond donors (Lipinski definition) is 1. The number of phenolic OH excluding ortho intramolecular Hbond substituents is 1. The maximum absolute atomic E-state index is 9.62. The lowest BCUT2D eigenvalue weighted by atomic mass is 9.85. The normalized spacial score (nSPS) is 11.9. The van der Waals surface area contributed by atoms with Crippen LogP contribution in [0.5, 0.6) is 5.75 Å². The molecule has 3 heteroatoms. The molecule has 0 spiro atoms. The van der Waals surface area contributed by atoms with Gasteiger partial charge in [-0.3, -0.25) is 0 Å². The highest BCUT2D eigenvalue weighted by Crippen LogP contribution is 2.31. The van der Waals surface area contributed by atoms with Crippen LogP contribution in [0.2, 0.25) is 0 Å². The zero-order chi connectivity index (χ0) is 11.1. The molecule has 0 saturated heterocycles. The topological polar surface area (TPSA) is 46.0 Å². The molecule has 0 radical (unpaired) electrons. The van der Waals surface area contributed by atoms with Crippen molar-refractivity contribution in [2.45, 2.75) is 26.2 Å². The van der Waals surface area contributed by atoms with Crippen LogP contribution in [0, 0.1) is 0 Å². The maximum atomic E-state index is 9.62. The molecule has 0 fully saturated rings. The lowest BCUT2D eigenvalue weighted by Gasteiger charge is -2.20. The molecule has 2 rings (SSSR count). The first-order valence-electron chi connectivity index (χ1n) is 4.92. The van der Waals surface area contributed by atoms with Gasteiger partial charge in [0.05, 0.1) is 5.52 Å². The lowest BCUT2D eigenvalue weighted by molar-refractivity contribution is 0.472. The summed E-state index contributed by atoms with van der Waals surface area (Å²) in [6.45, 7) is 6.30. The van der Waals surface area contributed by atoms with E-state index in [4.69, 9.17) is 0 Å². The van der Waals surface area contributed by atoms with E-state index in [1.165, 1.54) is 6.33 Å². The fourth-order valence-corrected chi connectivity index (χ4v) is 1.66. The first-order valence-corrected chi connectivity index (χ1v) is 4.92. The second kappa shape index (κ2) is 3.19. The molecule has 0 atom stereocenters. The largest absolute Gasteiger partial charge is 0.508 e. The molecule has 1 heterocycles. The number of rotatable bonds is 0. The van der Waals surface area contributed by atoms with E-state index in [2.05, 4.69) is 30.7 Å². The van der Waals surface area contributed by atoms with Crippen molar-refractivity contribution in [3.05, 3.63) is 30.2 Å². The van der Waals surface area contributed by atoms with E-state index in [-0.39, 0.29) is 11.2 Å². The minimum absolute atomic E-state index is 0.0364. The summed E-state index contributed by atoms with van der Waals surface area (Å²) in [5.74, 6) is 0.266. The molecule has 1 aromatic heterocycles. The van der Waals surface area contributed by atoms with Crippen LogP contribution in [0.3, 0.4) is 0 Å². The summed E-state index contributed by atoms with van der Waals surface area (Å²) in [6, 6.07) is 3.46. The van der Waals surface area contributed by atoms with Gasteiger partial charge in [0.25, 0.3) is 0 Å². The Morgan fingerprint density at radius 2 is 1.93 bits per heavy atom. The Hall–Kier alpha value is -1.64. The maximum Gasteiger partial charge on any atom is 0.116 e. The lowest BCUT2D eigenvalue weighted by Crippen LogP contribution is -2.12. The van der Waals surface area contributed by atoms with Crippen LogP contribution in [0.1, 0.15) is 26.3 Å². The molecule has 78 valence electrons. The van der Waals surface area contributed by atoms with E-state index in [1.807, 2.05) is 0 Å². The standard InChI is InChI=1S/C12H14N2O/c1-12(2,3)10-5-9(15)4-8-6-13-7-14-11(8)10/h4-7,15H,1-3H3. The van der Waals surface area contributed by atoms with Gasteiger partial charge in [0.1, 0.15) is 12.1 Å². The summed E-state index contributed by atoms with van der Waals surface area (Å²) in [6.07, 6.45) is 3.26. The molecule has 2 aromatic rings. The Bertz CT molecular complexity index is 500. The van der Waals surface area contributed by atoms with Gasteiger partial charge >= 0.3 is 0 Å². The zero-order valence-electron chi connectivity index (χ0n) is 9.15. The van der Waals surface area contributed by atoms with Crippen molar-refractivity contribution < 1.29 is 5.11 Å². The van der Waals surface area contributed by atoms with Crippen molar-refractivity contribution >= 4 is 10.9 Å². The summed E-state index contributed by atoms with van der Waals surface area (Å²) in [5.41, 5.74) is 1.92. The van der Waals surface area contributed by atoms with Gasteiger partial charge in [0.15, 0.2) is 0 Å². The molecule has 15 heavy (non-hydrogen) atoms. The van der Waals surface area contributed by atoms with Gasteiger partial charge in [-0.25, -0.2) is 9.97 Å². The van der Waals surface area contributed by atoms with Gasteiger partial charge < -0.3 is 5.11 Å². The molecule has 1 N–H and O–H groups in total. The number of hydrogen-bond acceptors (Lipinski definition) is 3. The molecule has 0 aliphatic carbocycles. The summed E-state index contributed by atoms with van der Waals surface area (Å²) in [4.78, 5) is 8.22. The van der Waals surface area contributed by atoms with Crippen molar-refractivity contribution in [1.29, 1.82) is 0 Å². The zero-order valence-corrected chi connectivity index (χ0v) is 9.15. The van der Waals surface area contributed by atoms with Gasteiger partial charge in [0.2, 0.25) is 0 Å². The molecular formula is C12H14N2O. The molecule has 0 aliphatic rings. The Kier molecular flexibility index (Phi) is 2.11. The minimum atomic E-state index is -0.0364. The molecule has 0 aliphatic heterocycles. The van der Waals surface area contributed by atoms with Crippen LogP contribution in [0.4, 0.5) is 0 Å². The first-order chi connectivity index (χ1) is 6.98. The van der Waals surface area contributed by atoms with Crippen LogP contribution in [0.25, 0.3) is 10.9 Å². The number of phenols is 1. The SMILES string of the molecule is CC(C)(C)c1cc(O)cc2cncnc12. The van der Waals surface area contributed by atoms with Crippen LogP contribution < -0.4 is 0 Å². The molecule has 1 aromatic carbocycles. The molecule has 0 saturated carbocycles. The number of aromatic hydroxyl groups is 1. The van der Waals surface area contributed by atoms with E-state index < -0.39 is 0 Å². The average Bonchev–Trinajstić information content (AvgIpc) is 2.15. The number of aromatic nitrogens is 2. The van der Waals surface area contributed by atoms with Crippen molar-refractivity contribution in [3.63, 3.8) is 0 Å². The summed E-state index contributed by atoms with van der Waals surface area (Å²) in [5, 5.41) is 10.5. The highest BCUT2D eigenvalue weighted by molar-refractivity contribution is 5.83. The number of fused-ring (bicyclic) bond motifs is 1. The van der Waals surface area contributed by atoms with Crippen molar-refractivity contribution in [2.24, 2.45) is 0 Å². The third-order valence-electron chi connectivity index (χ3n) is 2.40. The molecule has 0 unspecified atom stereocenters. The van der Waals surface area contributed by atoms with Gasteiger partial charge in [-0.05, 0) is 23.1 Å². The average molecular weight is 202 g/mol. The van der Waals surface area contributed by atoms with E-state index in [0.29, 0.717) is 0 Å². The van der Waals surface area contributed by atoms with E-state index in [0.717, 1.165) is 16.5 Å². The second-order valence-electron chi connectivity index (χ2n) is 4.70. The van der Waals surface area contributed by atoms with Crippen LogP contribution in [-0.4, -0.2) is 15.1 Å². The summed E-state index contributed by atoms with van der Waals surface area (Å²) in [7, 11) is 0. The number of nitrogens with zero attached hydrogens (tertiary/aromatic N) is 2. The highest BCUT2D eigenvalue weighted by Gasteiger charge is 2.18. The Morgan fingerprint density at radius 1 is 1.20 bits per heavy atom. The molecule has 3 nitrogen and oxygen atoms in total. The van der Waals surface area contributed by atoms with Gasteiger partial charge in [-0.1, -0.05) is 20.8 Å². The fourth-order valence-electron chi connectivity index (χ4n) is 1.66. The monoisotopic (exact) mass is 202 g/mol. The van der Waals surface area contributed by atoms with E-state index in [9.17, 15) is 5.11 Å². The van der Waals surface area contributed by atoms with E-state index >= 15 is 0 Å². The Labute approximate surface area is 88.8 Å². The quantitative estimate of drug-likeness (QED) is 0.714. The van der Waals surface area contributed by atoms with Crippen molar-refractivity contribution in [1.82, 2.24) is 9.97 Å².